The Morgan fingerprint density at radius 1 is 1.13 bits per heavy atom. The van der Waals surface area contributed by atoms with Gasteiger partial charge in [-0.1, -0.05) is 36.4 Å². The highest BCUT2D eigenvalue weighted by Gasteiger charge is 2.42. The molecule has 2 saturated heterocycles. The fourth-order valence-electron chi connectivity index (χ4n) is 5.50. The predicted octanol–water partition coefficient (Wildman–Crippen LogP) is 2.48. The summed E-state index contributed by atoms with van der Waals surface area (Å²) in [4.78, 5) is 50.0. The number of nitrogens with one attached hydrogen (secondary N) is 2. The number of hydrogen-bond acceptors (Lipinski definition) is 7. The molecule has 3 aliphatic heterocycles. The van der Waals surface area contributed by atoms with Crippen LogP contribution in [0, 0.1) is 0 Å². The number of hydrogen-bond donors (Lipinski definition) is 3. The van der Waals surface area contributed by atoms with E-state index in [1.165, 1.54) is 0 Å². The standard InChI is InChI=1S/C28H31N3O7/c32-24-7-6-23(25(33)30-24)29-16-20-15-22-19(14-21(20)26(34)35)8-13-38-28(22)9-11-31(12-10-28)27(36)37-17-18-4-2-1-3-5-18/h1-5,14-15,23,29H,6-13,16-17H2,(H,34,35)(H,30,32,33). The van der Waals surface area contributed by atoms with Gasteiger partial charge in [0.25, 0.3) is 0 Å². The maximum atomic E-state index is 12.7. The zero-order chi connectivity index (χ0) is 26.7. The number of imide groups is 1. The summed E-state index contributed by atoms with van der Waals surface area (Å²) >= 11 is 0. The number of amides is 3. The van der Waals surface area contributed by atoms with E-state index < -0.39 is 23.5 Å². The molecule has 0 saturated carbocycles. The predicted molar refractivity (Wildman–Crippen MR) is 135 cm³/mol. The monoisotopic (exact) mass is 521 g/mol. The molecule has 3 heterocycles. The molecule has 5 rings (SSSR count). The molecule has 0 aromatic heterocycles. The fourth-order valence-corrected chi connectivity index (χ4v) is 5.50. The Kier molecular flexibility index (Phi) is 7.44. The molecule has 0 radical (unpaired) electrons. The lowest BCUT2D eigenvalue weighted by molar-refractivity contribution is -0.134. The first-order chi connectivity index (χ1) is 18.3. The molecule has 0 aliphatic carbocycles. The van der Waals surface area contributed by atoms with Crippen LogP contribution in [0.1, 0.15) is 58.3 Å². The Morgan fingerprint density at radius 3 is 2.61 bits per heavy atom. The molecule has 10 nitrogen and oxygen atoms in total. The minimum Gasteiger partial charge on any atom is -0.478 e. The van der Waals surface area contributed by atoms with Gasteiger partial charge in [0, 0.05) is 26.1 Å². The number of carbonyl (C=O) groups excluding carboxylic acids is 3. The second kappa shape index (κ2) is 10.9. The number of likely N-dealkylation sites (tertiary alicyclic amines) is 1. The van der Waals surface area contributed by atoms with Gasteiger partial charge in [-0.25, -0.2) is 9.59 Å². The van der Waals surface area contributed by atoms with Crippen molar-refractivity contribution in [3.63, 3.8) is 0 Å². The summed E-state index contributed by atoms with van der Waals surface area (Å²) in [5, 5.41) is 15.3. The van der Waals surface area contributed by atoms with Gasteiger partial charge in [-0.15, -0.1) is 0 Å². The van der Waals surface area contributed by atoms with Crippen LogP contribution in [0.15, 0.2) is 42.5 Å². The van der Waals surface area contributed by atoms with Crippen molar-refractivity contribution < 1.29 is 33.8 Å². The normalized spacial score (nSPS) is 20.5. The van der Waals surface area contributed by atoms with Gasteiger partial charge in [0.2, 0.25) is 11.8 Å². The van der Waals surface area contributed by atoms with E-state index in [1.807, 2.05) is 36.4 Å². The average molecular weight is 522 g/mol. The molecule has 3 aliphatic rings. The number of carboxylic acid groups (broad SMARTS) is 1. The van der Waals surface area contributed by atoms with Gasteiger partial charge in [0.05, 0.1) is 23.8 Å². The van der Waals surface area contributed by atoms with Gasteiger partial charge in [-0.2, -0.15) is 0 Å². The molecule has 3 amide bonds. The van der Waals surface area contributed by atoms with Crippen LogP contribution in [0.3, 0.4) is 0 Å². The van der Waals surface area contributed by atoms with Gasteiger partial charge in [0.1, 0.15) is 6.61 Å². The summed E-state index contributed by atoms with van der Waals surface area (Å²) in [7, 11) is 0. The van der Waals surface area contributed by atoms with Crippen molar-refractivity contribution >= 4 is 23.9 Å². The van der Waals surface area contributed by atoms with Crippen LogP contribution >= 0.6 is 0 Å². The lowest BCUT2D eigenvalue weighted by Gasteiger charge is -2.45. The number of benzene rings is 2. The molecule has 1 spiro atoms. The van der Waals surface area contributed by atoms with E-state index >= 15 is 0 Å². The third kappa shape index (κ3) is 5.41. The Hall–Kier alpha value is -3.76. The molecule has 2 fully saturated rings. The molecule has 1 unspecified atom stereocenters. The third-order valence-electron chi connectivity index (χ3n) is 7.61. The van der Waals surface area contributed by atoms with E-state index in [0.29, 0.717) is 50.9 Å². The molecule has 2 aromatic carbocycles. The highest BCUT2D eigenvalue weighted by molar-refractivity contribution is 6.00. The molecule has 38 heavy (non-hydrogen) atoms. The number of fused-ring (bicyclic) bond motifs is 2. The van der Waals surface area contributed by atoms with Crippen molar-refractivity contribution in [2.24, 2.45) is 0 Å². The van der Waals surface area contributed by atoms with Crippen molar-refractivity contribution in [2.75, 3.05) is 19.7 Å². The van der Waals surface area contributed by atoms with E-state index in [1.54, 1.807) is 11.0 Å². The maximum Gasteiger partial charge on any atom is 0.410 e. The van der Waals surface area contributed by atoms with Crippen molar-refractivity contribution in [2.45, 2.75) is 56.9 Å². The van der Waals surface area contributed by atoms with E-state index in [0.717, 1.165) is 16.7 Å². The number of rotatable bonds is 6. The van der Waals surface area contributed by atoms with E-state index in [4.69, 9.17) is 9.47 Å². The Balaban J connectivity index is 1.29. The summed E-state index contributed by atoms with van der Waals surface area (Å²) in [6.07, 6.45) is 1.96. The molecule has 10 heteroatoms. The first kappa shape index (κ1) is 25.9. The lowest BCUT2D eigenvalue weighted by atomic mass is 9.78. The van der Waals surface area contributed by atoms with Crippen LogP contribution in [0.5, 0.6) is 0 Å². The van der Waals surface area contributed by atoms with E-state index in [9.17, 15) is 24.3 Å². The highest BCUT2D eigenvalue weighted by Crippen LogP contribution is 2.42. The molecule has 3 N–H and O–H groups in total. The van der Waals surface area contributed by atoms with Gasteiger partial charge in [-0.05, 0) is 54.0 Å². The summed E-state index contributed by atoms with van der Waals surface area (Å²) in [6, 6.07) is 12.5. The Labute approximate surface area is 220 Å². The van der Waals surface area contributed by atoms with Gasteiger partial charge < -0.3 is 24.8 Å². The summed E-state index contributed by atoms with van der Waals surface area (Å²) < 4.78 is 11.8. The highest BCUT2D eigenvalue weighted by atomic mass is 16.6. The fraction of sp³-hybridized carbons (Fsp3) is 0.429. The van der Waals surface area contributed by atoms with Gasteiger partial charge >= 0.3 is 12.1 Å². The largest absolute Gasteiger partial charge is 0.478 e. The van der Waals surface area contributed by atoms with Crippen molar-refractivity contribution in [3.05, 3.63) is 70.3 Å². The summed E-state index contributed by atoms with van der Waals surface area (Å²) in [6.45, 7) is 1.75. The molecule has 2 aromatic rings. The second-order valence-corrected chi connectivity index (χ2v) is 9.98. The zero-order valence-electron chi connectivity index (χ0n) is 21.0. The first-order valence-electron chi connectivity index (χ1n) is 12.9. The number of nitrogens with zero attached hydrogens (tertiary/aromatic N) is 1. The Morgan fingerprint density at radius 2 is 1.89 bits per heavy atom. The minimum absolute atomic E-state index is 0.162. The number of piperidine rings is 2. The molecule has 1 atom stereocenters. The maximum absolute atomic E-state index is 12.7. The SMILES string of the molecule is O=C1CCC(NCc2cc3c(cc2C(=O)O)CCOC32CCN(C(=O)OCc3ccccc3)CC2)C(=O)N1. The summed E-state index contributed by atoms with van der Waals surface area (Å²) in [5.41, 5.74) is 2.90. The number of carboxylic acids is 1. The number of aromatic carboxylic acids is 1. The van der Waals surface area contributed by atoms with Crippen LogP contribution in [0.25, 0.3) is 0 Å². The van der Waals surface area contributed by atoms with Crippen LogP contribution in [-0.4, -0.2) is 59.6 Å². The summed E-state index contributed by atoms with van der Waals surface area (Å²) in [5.74, 6) is -1.74. The second-order valence-electron chi connectivity index (χ2n) is 9.98. The smallest absolute Gasteiger partial charge is 0.410 e. The average Bonchev–Trinajstić information content (AvgIpc) is 2.92. The van der Waals surface area contributed by atoms with Gasteiger partial charge in [0.15, 0.2) is 0 Å². The van der Waals surface area contributed by atoms with Gasteiger partial charge in [-0.3, -0.25) is 14.9 Å². The van der Waals surface area contributed by atoms with E-state index in [2.05, 4.69) is 10.6 Å². The van der Waals surface area contributed by atoms with Crippen LogP contribution in [0.2, 0.25) is 0 Å². The van der Waals surface area contributed by atoms with Crippen LogP contribution in [0.4, 0.5) is 4.79 Å². The van der Waals surface area contributed by atoms with Crippen molar-refractivity contribution in [1.82, 2.24) is 15.5 Å². The molecular formula is C28H31N3O7. The Bertz CT molecular complexity index is 1240. The van der Waals surface area contributed by atoms with Crippen LogP contribution < -0.4 is 10.6 Å². The third-order valence-corrected chi connectivity index (χ3v) is 7.61. The molecule has 0 bridgehead atoms. The molecule has 200 valence electrons. The van der Waals surface area contributed by atoms with Crippen molar-refractivity contribution in [1.29, 1.82) is 0 Å². The number of ether oxygens (including phenoxy) is 2. The van der Waals surface area contributed by atoms with Crippen molar-refractivity contribution in [3.8, 4) is 0 Å². The van der Waals surface area contributed by atoms with Crippen LogP contribution in [-0.2, 0) is 44.2 Å². The zero-order valence-corrected chi connectivity index (χ0v) is 21.0. The first-order valence-corrected chi connectivity index (χ1v) is 12.9. The molecular weight excluding hydrogens is 490 g/mol. The topological polar surface area (TPSA) is 134 Å². The quantitative estimate of drug-likeness (QED) is 0.494. The minimum atomic E-state index is -1.04. The lowest BCUT2D eigenvalue weighted by Crippen LogP contribution is -2.50. The number of carbonyl (C=O) groups is 4. The van der Waals surface area contributed by atoms with E-state index in [-0.39, 0.29) is 37.1 Å².